The van der Waals surface area contributed by atoms with Crippen LogP contribution in [0.2, 0.25) is 0 Å². The minimum absolute atomic E-state index is 0.203. The van der Waals surface area contributed by atoms with Crippen LogP contribution >= 0.6 is 0 Å². The first-order valence-corrected chi connectivity index (χ1v) is 35.9. The molecule has 0 bridgehead atoms. The van der Waals surface area contributed by atoms with Gasteiger partial charge in [0.25, 0.3) is 0 Å². The zero-order valence-corrected chi connectivity index (χ0v) is 56.3. The van der Waals surface area contributed by atoms with Crippen molar-refractivity contribution in [1.82, 2.24) is 10.6 Å². The van der Waals surface area contributed by atoms with E-state index in [9.17, 15) is 76.0 Å². The summed E-state index contributed by atoms with van der Waals surface area (Å²) in [5.41, 5.74) is 0. The summed E-state index contributed by atoms with van der Waals surface area (Å²) in [5, 5.41) is 147. The van der Waals surface area contributed by atoms with Crippen molar-refractivity contribution in [2.45, 2.75) is 374 Å². The van der Waals surface area contributed by atoms with Crippen molar-refractivity contribution < 1.29 is 114 Å². The van der Waals surface area contributed by atoms with Crippen LogP contribution in [0.5, 0.6) is 0 Å². The van der Waals surface area contributed by atoms with Crippen LogP contribution in [0.3, 0.4) is 0 Å². The third-order valence-electron chi connectivity index (χ3n) is 18.6. The van der Waals surface area contributed by atoms with E-state index in [4.69, 9.17) is 37.9 Å². The average Bonchev–Trinajstić information content (AvgIpc) is 0.798. The summed E-state index contributed by atoms with van der Waals surface area (Å²) in [6, 6.07) is -2.49. The molecule has 4 aliphatic heterocycles. The molecule has 2 amide bonds. The Morgan fingerprint density at radius 2 is 0.839 bits per heavy atom. The third kappa shape index (κ3) is 30.1. The molecule has 25 nitrogen and oxygen atoms in total. The van der Waals surface area contributed by atoms with Crippen molar-refractivity contribution >= 4 is 11.8 Å². The Bertz CT molecular complexity index is 1930. The highest BCUT2D eigenvalue weighted by atomic mass is 16.8. The van der Waals surface area contributed by atoms with Gasteiger partial charge in [-0.1, -0.05) is 219 Å². The summed E-state index contributed by atoms with van der Waals surface area (Å²) in [6.07, 6.45) is 7.89. The molecule has 0 saturated carbocycles. The molecular formula is C68H126N2O23. The molecule has 0 aromatic carbocycles. The quantitative estimate of drug-likeness (QED) is 0.0301. The maximum atomic E-state index is 13.5. The second kappa shape index (κ2) is 48.6. The fourth-order valence-electron chi connectivity index (χ4n) is 12.7. The number of hydrogen-bond acceptors (Lipinski definition) is 23. The van der Waals surface area contributed by atoms with Gasteiger partial charge >= 0.3 is 0 Å². The largest absolute Gasteiger partial charge is 0.394 e. The van der Waals surface area contributed by atoms with E-state index in [2.05, 4.69) is 24.5 Å². The van der Waals surface area contributed by atoms with Gasteiger partial charge in [0.2, 0.25) is 11.8 Å². The Morgan fingerprint density at radius 3 is 1.32 bits per heavy atom. The number of allylic oxidation sites excluding steroid dienone is 1. The first kappa shape index (κ1) is 83.3. The van der Waals surface area contributed by atoms with Crippen molar-refractivity contribution in [3.63, 3.8) is 0 Å². The normalized spacial score (nSPS) is 32.4. The van der Waals surface area contributed by atoms with Crippen LogP contribution in [0, 0.1) is 0 Å². The fraction of sp³-hybridized carbons (Fsp3) is 0.941. The van der Waals surface area contributed by atoms with Gasteiger partial charge < -0.3 is 115 Å². The van der Waals surface area contributed by atoms with Crippen LogP contribution in [-0.2, 0) is 47.5 Å². The van der Waals surface area contributed by atoms with Crippen LogP contribution in [0.4, 0.5) is 0 Å². The molecule has 546 valence electrons. The van der Waals surface area contributed by atoms with Gasteiger partial charge in [-0.05, 0) is 19.3 Å². The molecule has 15 N–H and O–H groups in total. The molecule has 4 aliphatic rings. The molecule has 0 spiro atoms. The number of hydrogen-bond donors (Lipinski definition) is 15. The standard InChI is InChI=1S/C68H126N2O23/c1-4-6-8-10-12-14-16-18-19-20-21-22-23-24-25-27-29-31-33-35-37-39-52(76)70-46(47(75)38-36-34-32-30-28-26-17-15-13-11-9-7-5-2)43-86-66-61(84)59(82)63(50(42-73)90-66)92-68-62(85)64(93-67-60(83)58(81)55(78)49(41-72)89-67)56(79)51(91-68)44-87-65-53(69-45(3)74)57(80)54(77)48(40-71)88-65/h36,38,46-51,53-68,71-73,75,77-85H,4-35,37,39-44H2,1-3H3,(H,69,74)(H,70,76)/b38-36+/t46-,47+,48?,49?,50?,51?,53?,54+,55-,56-,57+,58-,59+,60?,61?,62?,63+,64-,65+,66+,67+,68-/m0/s1. The van der Waals surface area contributed by atoms with E-state index in [1.165, 1.54) is 154 Å². The third-order valence-corrected chi connectivity index (χ3v) is 18.6. The first-order chi connectivity index (χ1) is 44.9. The molecule has 22 atom stereocenters. The maximum Gasteiger partial charge on any atom is 0.220 e. The van der Waals surface area contributed by atoms with Crippen molar-refractivity contribution in [3.05, 3.63) is 12.2 Å². The fourth-order valence-corrected chi connectivity index (χ4v) is 12.7. The number of carbonyl (C=O) groups excluding carboxylic acids is 2. The van der Waals surface area contributed by atoms with Crippen molar-refractivity contribution in [2.24, 2.45) is 0 Å². The van der Waals surface area contributed by atoms with E-state index >= 15 is 0 Å². The van der Waals surface area contributed by atoms with Crippen LogP contribution < -0.4 is 10.6 Å². The van der Waals surface area contributed by atoms with Crippen LogP contribution in [0.15, 0.2) is 12.2 Å². The second-order valence-electron chi connectivity index (χ2n) is 26.5. The maximum absolute atomic E-state index is 13.5. The SMILES string of the molecule is CCCCCCCCCCCCC/C=C/[C@@H](O)[C@H](CO[C@@H]1OC(CO)[C@@H](O[C@@H]2OC(CO[C@@H]3OC(CO)[C@@H](O)[C@H](O)C3NC(C)=O)[C@H](O)[C@H](O[C@H]3OC(CO)[C@H](O)[C@H](O)C3O)C2O)[C@H](O)C1O)NC(=O)CCCCCCCCCCCCCCCCCCCCCCC. The van der Waals surface area contributed by atoms with Gasteiger partial charge in [-0.15, -0.1) is 0 Å². The molecule has 8 unspecified atom stereocenters. The minimum Gasteiger partial charge on any atom is -0.394 e. The summed E-state index contributed by atoms with van der Waals surface area (Å²) in [5.74, 6) is -0.988. The average molecular weight is 1340 g/mol. The Kier molecular flexibility index (Phi) is 43.5. The van der Waals surface area contributed by atoms with E-state index in [1.807, 2.05) is 6.08 Å². The lowest BCUT2D eigenvalue weighted by atomic mass is 9.95. The van der Waals surface area contributed by atoms with E-state index in [0.29, 0.717) is 12.8 Å². The smallest absolute Gasteiger partial charge is 0.220 e. The predicted octanol–water partition coefficient (Wildman–Crippen LogP) is 4.12. The van der Waals surface area contributed by atoms with Gasteiger partial charge in [0.05, 0.1) is 45.2 Å². The number of aliphatic hydroxyl groups is 13. The van der Waals surface area contributed by atoms with Gasteiger partial charge in [-0.25, -0.2) is 0 Å². The van der Waals surface area contributed by atoms with Gasteiger partial charge in [0.15, 0.2) is 25.2 Å². The highest BCUT2D eigenvalue weighted by Crippen LogP contribution is 2.34. The van der Waals surface area contributed by atoms with E-state index in [0.717, 1.165) is 51.9 Å². The lowest BCUT2D eigenvalue weighted by molar-refractivity contribution is -0.383. The summed E-state index contributed by atoms with van der Waals surface area (Å²) in [7, 11) is 0. The van der Waals surface area contributed by atoms with Crippen LogP contribution in [-0.4, -0.2) is 246 Å². The van der Waals surface area contributed by atoms with Gasteiger partial charge in [-0.2, -0.15) is 0 Å². The van der Waals surface area contributed by atoms with E-state index in [-0.39, 0.29) is 12.3 Å². The molecule has 0 aromatic heterocycles. The Balaban J connectivity index is 1.36. The lowest BCUT2D eigenvalue weighted by Gasteiger charge is -2.48. The number of rotatable bonds is 51. The number of carbonyl (C=O) groups is 2. The number of unbranched alkanes of at least 4 members (excludes halogenated alkanes) is 31. The van der Waals surface area contributed by atoms with Crippen molar-refractivity contribution in [2.75, 3.05) is 33.0 Å². The molecule has 4 rings (SSSR count). The van der Waals surface area contributed by atoms with Crippen molar-refractivity contribution in [1.29, 1.82) is 0 Å². The second-order valence-corrected chi connectivity index (χ2v) is 26.5. The lowest BCUT2D eigenvalue weighted by Crippen LogP contribution is -2.67. The summed E-state index contributed by atoms with van der Waals surface area (Å²) < 4.78 is 46.8. The van der Waals surface area contributed by atoms with E-state index in [1.54, 1.807) is 6.08 Å². The topological polar surface area (TPSA) is 395 Å². The minimum atomic E-state index is -2.13. The Morgan fingerprint density at radius 1 is 0.430 bits per heavy atom. The highest BCUT2D eigenvalue weighted by molar-refractivity contribution is 5.76. The molecule has 0 aliphatic carbocycles. The monoisotopic (exact) mass is 1340 g/mol. The highest BCUT2D eigenvalue weighted by Gasteiger charge is 2.55. The zero-order valence-electron chi connectivity index (χ0n) is 56.3. The molecule has 93 heavy (non-hydrogen) atoms. The summed E-state index contributed by atoms with van der Waals surface area (Å²) >= 11 is 0. The van der Waals surface area contributed by atoms with Crippen molar-refractivity contribution in [3.8, 4) is 0 Å². The molecule has 0 radical (unpaired) electrons. The van der Waals surface area contributed by atoms with Gasteiger partial charge in [-0.3, -0.25) is 9.59 Å². The van der Waals surface area contributed by atoms with Gasteiger partial charge in [0.1, 0.15) is 97.6 Å². The van der Waals surface area contributed by atoms with Crippen LogP contribution in [0.25, 0.3) is 0 Å². The molecule has 25 heteroatoms. The summed E-state index contributed by atoms with van der Waals surface area (Å²) in [6.45, 7) is 1.85. The number of amides is 2. The molecular weight excluding hydrogens is 1210 g/mol. The zero-order chi connectivity index (χ0) is 67.9. The molecule has 0 aromatic rings. The Labute approximate surface area is 553 Å². The van der Waals surface area contributed by atoms with E-state index < -0.39 is 174 Å². The number of aliphatic hydroxyl groups excluding tert-OH is 13. The number of ether oxygens (including phenoxy) is 8. The molecule has 4 saturated heterocycles. The number of nitrogens with one attached hydrogen (secondary N) is 2. The predicted molar refractivity (Wildman–Crippen MR) is 345 cm³/mol. The first-order valence-electron chi connectivity index (χ1n) is 35.9. The molecule has 4 heterocycles. The van der Waals surface area contributed by atoms with Gasteiger partial charge in [0, 0.05) is 13.3 Å². The van der Waals surface area contributed by atoms with Crippen LogP contribution in [0.1, 0.15) is 239 Å². The summed E-state index contributed by atoms with van der Waals surface area (Å²) in [4.78, 5) is 25.7. The Hall–Kier alpha value is -2.16. The molecule has 4 fully saturated rings.